The molecule has 0 aromatic heterocycles. The highest BCUT2D eigenvalue weighted by Crippen LogP contribution is 2.19. The van der Waals surface area contributed by atoms with Crippen LogP contribution in [0.15, 0.2) is 42.5 Å². The minimum Gasteiger partial charge on any atom is -0.452 e. The number of esters is 1. The fourth-order valence-corrected chi connectivity index (χ4v) is 2.61. The molecule has 0 aliphatic carbocycles. The first-order valence-electron chi connectivity index (χ1n) is 8.62. The van der Waals surface area contributed by atoms with Gasteiger partial charge in [0.1, 0.15) is 0 Å². The summed E-state index contributed by atoms with van der Waals surface area (Å²) in [4.78, 5) is 34.3. The molecule has 2 aromatic carbocycles. The predicted octanol–water partition coefficient (Wildman–Crippen LogP) is 3.50. The van der Waals surface area contributed by atoms with Crippen molar-refractivity contribution in [3.63, 3.8) is 0 Å². The molecule has 1 N–H and O–H groups in total. The van der Waals surface area contributed by atoms with Gasteiger partial charge >= 0.3 is 5.97 Å². The van der Waals surface area contributed by atoms with Crippen molar-refractivity contribution < 1.29 is 19.2 Å². The third-order valence-corrected chi connectivity index (χ3v) is 4.23. The van der Waals surface area contributed by atoms with Crippen LogP contribution in [0.4, 0.5) is 5.69 Å². The quantitative estimate of drug-likeness (QED) is 0.457. The van der Waals surface area contributed by atoms with Crippen molar-refractivity contribution in [1.29, 1.82) is 0 Å². The maximum atomic E-state index is 12.0. The maximum absolute atomic E-state index is 12.0. The van der Waals surface area contributed by atoms with Crippen LogP contribution in [0.2, 0.25) is 0 Å². The molecule has 0 fully saturated rings. The number of carbonyl (C=O) groups is 2. The zero-order valence-electron chi connectivity index (χ0n) is 15.5. The SMILES string of the molecule is CCc1ccc([C@H](C)NC(=O)COC(=O)c2ccc([N+](=O)[O-])c(C)c2)cc1. The van der Waals surface area contributed by atoms with Gasteiger partial charge in [0, 0.05) is 11.6 Å². The summed E-state index contributed by atoms with van der Waals surface area (Å²) in [6, 6.07) is 11.6. The number of nitro benzene ring substituents is 1. The summed E-state index contributed by atoms with van der Waals surface area (Å²) in [6.45, 7) is 5.03. The van der Waals surface area contributed by atoms with E-state index >= 15 is 0 Å². The standard InChI is InChI=1S/C20H22N2O5/c1-4-15-5-7-16(8-6-15)14(3)21-19(23)12-27-20(24)17-9-10-18(22(25)26)13(2)11-17/h5-11,14H,4,12H2,1-3H3,(H,21,23)/t14-/m0/s1. The van der Waals surface area contributed by atoms with Crippen molar-refractivity contribution in [2.24, 2.45) is 0 Å². The zero-order chi connectivity index (χ0) is 20.0. The normalized spacial score (nSPS) is 11.5. The Morgan fingerprint density at radius 2 is 1.85 bits per heavy atom. The van der Waals surface area contributed by atoms with Crippen LogP contribution >= 0.6 is 0 Å². The highest BCUT2D eigenvalue weighted by molar-refractivity contribution is 5.91. The van der Waals surface area contributed by atoms with Crippen LogP contribution in [0.3, 0.4) is 0 Å². The Hall–Kier alpha value is -3.22. The first kappa shape index (κ1) is 20.1. The summed E-state index contributed by atoms with van der Waals surface area (Å²) in [5.41, 5.74) is 2.60. The van der Waals surface area contributed by atoms with E-state index in [4.69, 9.17) is 4.74 Å². The van der Waals surface area contributed by atoms with Crippen LogP contribution in [-0.4, -0.2) is 23.4 Å². The predicted molar refractivity (Wildman–Crippen MR) is 100 cm³/mol. The van der Waals surface area contributed by atoms with Gasteiger partial charge in [-0.2, -0.15) is 0 Å². The third kappa shape index (κ3) is 5.37. The van der Waals surface area contributed by atoms with E-state index in [0.29, 0.717) is 5.56 Å². The van der Waals surface area contributed by atoms with Crippen molar-refractivity contribution in [2.75, 3.05) is 6.61 Å². The number of nitro groups is 1. The fourth-order valence-electron chi connectivity index (χ4n) is 2.61. The Morgan fingerprint density at radius 1 is 1.19 bits per heavy atom. The van der Waals surface area contributed by atoms with Crippen LogP contribution in [0.1, 0.15) is 46.9 Å². The summed E-state index contributed by atoms with van der Waals surface area (Å²) in [6.07, 6.45) is 0.944. The lowest BCUT2D eigenvalue weighted by Gasteiger charge is -2.15. The van der Waals surface area contributed by atoms with Crippen LogP contribution in [0, 0.1) is 17.0 Å². The van der Waals surface area contributed by atoms with E-state index < -0.39 is 23.4 Å². The second-order valence-corrected chi connectivity index (χ2v) is 6.22. The van der Waals surface area contributed by atoms with Crippen molar-refractivity contribution in [3.8, 4) is 0 Å². The van der Waals surface area contributed by atoms with Gasteiger partial charge in [-0.05, 0) is 43.5 Å². The molecule has 0 saturated heterocycles. The molecular weight excluding hydrogens is 348 g/mol. The highest BCUT2D eigenvalue weighted by atomic mass is 16.6. The minimum atomic E-state index is -0.705. The average Bonchev–Trinajstić information content (AvgIpc) is 2.65. The van der Waals surface area contributed by atoms with E-state index in [9.17, 15) is 19.7 Å². The monoisotopic (exact) mass is 370 g/mol. The first-order chi connectivity index (χ1) is 12.8. The van der Waals surface area contributed by atoms with Gasteiger partial charge in [-0.3, -0.25) is 14.9 Å². The van der Waals surface area contributed by atoms with Crippen molar-refractivity contribution in [2.45, 2.75) is 33.2 Å². The average molecular weight is 370 g/mol. The van der Waals surface area contributed by atoms with Crippen LogP contribution in [0.25, 0.3) is 0 Å². The van der Waals surface area contributed by atoms with Gasteiger partial charge in [0.15, 0.2) is 6.61 Å². The molecule has 2 rings (SSSR count). The molecule has 2 aromatic rings. The summed E-state index contributed by atoms with van der Waals surface area (Å²) in [5, 5.41) is 13.6. The van der Waals surface area contributed by atoms with Crippen LogP contribution < -0.4 is 5.32 Å². The molecule has 0 aliphatic rings. The van der Waals surface area contributed by atoms with Crippen LogP contribution in [0.5, 0.6) is 0 Å². The van der Waals surface area contributed by atoms with Crippen LogP contribution in [-0.2, 0) is 16.0 Å². The number of aryl methyl sites for hydroxylation is 2. The molecule has 1 atom stereocenters. The number of carbonyl (C=O) groups excluding carboxylic acids is 2. The summed E-state index contributed by atoms with van der Waals surface area (Å²) in [5.74, 6) is -1.13. The summed E-state index contributed by atoms with van der Waals surface area (Å²) >= 11 is 0. The molecule has 0 bridgehead atoms. The molecule has 0 radical (unpaired) electrons. The van der Waals surface area contributed by atoms with Crippen molar-refractivity contribution >= 4 is 17.6 Å². The molecule has 0 aliphatic heterocycles. The van der Waals surface area contributed by atoms with Crippen molar-refractivity contribution in [3.05, 3.63) is 74.8 Å². The maximum Gasteiger partial charge on any atom is 0.338 e. The minimum absolute atomic E-state index is 0.0767. The third-order valence-electron chi connectivity index (χ3n) is 4.23. The second kappa shape index (κ2) is 8.93. The lowest BCUT2D eigenvalue weighted by Crippen LogP contribution is -2.31. The molecule has 7 nitrogen and oxygen atoms in total. The smallest absolute Gasteiger partial charge is 0.338 e. The van der Waals surface area contributed by atoms with Gasteiger partial charge < -0.3 is 10.1 Å². The number of hydrogen-bond donors (Lipinski definition) is 1. The number of nitrogens with one attached hydrogen (secondary N) is 1. The van der Waals surface area contributed by atoms with Gasteiger partial charge in [-0.1, -0.05) is 31.2 Å². The number of amides is 1. The number of hydrogen-bond acceptors (Lipinski definition) is 5. The largest absolute Gasteiger partial charge is 0.452 e. The van der Waals surface area contributed by atoms with E-state index in [1.807, 2.05) is 31.2 Å². The fraction of sp³-hybridized carbons (Fsp3) is 0.300. The Kier molecular flexibility index (Phi) is 6.65. The highest BCUT2D eigenvalue weighted by Gasteiger charge is 2.16. The molecule has 142 valence electrons. The topological polar surface area (TPSA) is 98.5 Å². The lowest BCUT2D eigenvalue weighted by molar-refractivity contribution is -0.385. The second-order valence-electron chi connectivity index (χ2n) is 6.22. The number of nitrogens with zero attached hydrogens (tertiary/aromatic N) is 1. The Balaban J connectivity index is 1.89. The molecular formula is C20H22N2O5. The summed E-state index contributed by atoms with van der Waals surface area (Å²) < 4.78 is 5.00. The zero-order valence-corrected chi connectivity index (χ0v) is 15.5. The first-order valence-corrected chi connectivity index (χ1v) is 8.62. The van der Waals surface area contributed by atoms with Gasteiger partial charge in [0.25, 0.3) is 11.6 Å². The van der Waals surface area contributed by atoms with E-state index in [1.54, 1.807) is 0 Å². The van der Waals surface area contributed by atoms with E-state index in [1.165, 1.54) is 30.7 Å². The van der Waals surface area contributed by atoms with E-state index in [2.05, 4.69) is 12.2 Å². The van der Waals surface area contributed by atoms with Gasteiger partial charge in [0.2, 0.25) is 0 Å². The molecule has 27 heavy (non-hydrogen) atoms. The molecule has 0 saturated carbocycles. The molecule has 0 unspecified atom stereocenters. The van der Waals surface area contributed by atoms with Gasteiger partial charge in [-0.15, -0.1) is 0 Å². The molecule has 7 heteroatoms. The number of ether oxygens (including phenoxy) is 1. The molecule has 0 spiro atoms. The Labute approximate surface area is 157 Å². The van der Waals surface area contributed by atoms with Crippen molar-refractivity contribution in [1.82, 2.24) is 5.32 Å². The Morgan fingerprint density at radius 3 is 2.41 bits per heavy atom. The van der Waals surface area contributed by atoms with E-state index in [0.717, 1.165) is 12.0 Å². The number of rotatable bonds is 7. The van der Waals surface area contributed by atoms with Gasteiger partial charge in [0.05, 0.1) is 16.5 Å². The number of benzene rings is 2. The summed E-state index contributed by atoms with van der Waals surface area (Å²) in [7, 11) is 0. The molecule has 0 heterocycles. The molecule has 1 amide bonds. The van der Waals surface area contributed by atoms with E-state index in [-0.39, 0.29) is 17.3 Å². The Bertz CT molecular complexity index is 846. The van der Waals surface area contributed by atoms with Gasteiger partial charge in [-0.25, -0.2) is 4.79 Å². The lowest BCUT2D eigenvalue weighted by atomic mass is 10.1.